The first-order valence-corrected chi connectivity index (χ1v) is 8.29. The Hall–Kier alpha value is -2.63. The quantitative estimate of drug-likeness (QED) is 0.855. The van der Waals surface area contributed by atoms with E-state index in [2.05, 4.69) is 20.2 Å². The highest BCUT2D eigenvalue weighted by atomic mass is 16.3. The van der Waals surface area contributed by atoms with E-state index in [4.69, 9.17) is 4.42 Å². The molecule has 1 N–H and O–H groups in total. The second-order valence-electron chi connectivity index (χ2n) is 5.90. The average molecular weight is 326 g/mol. The molecule has 0 bridgehead atoms. The molecule has 6 heteroatoms. The molecule has 2 aromatic heterocycles. The van der Waals surface area contributed by atoms with E-state index in [9.17, 15) is 4.79 Å². The molecule has 0 radical (unpaired) electrons. The van der Waals surface area contributed by atoms with E-state index in [1.54, 1.807) is 24.5 Å². The second-order valence-corrected chi connectivity index (χ2v) is 5.90. The molecule has 0 saturated carbocycles. The normalized spacial score (nSPS) is 15.0. The van der Waals surface area contributed by atoms with Crippen LogP contribution in [-0.2, 0) is 11.3 Å². The summed E-state index contributed by atoms with van der Waals surface area (Å²) >= 11 is 0. The summed E-state index contributed by atoms with van der Waals surface area (Å²) in [7, 11) is 0. The average Bonchev–Trinajstić information content (AvgIpc) is 3.12. The third-order valence-electron chi connectivity index (χ3n) is 3.93. The predicted octanol–water partition coefficient (Wildman–Crippen LogP) is 2.70. The standard InChI is InChI=1S/C18H22N4O2/c1-14-12-17(22-9-3-2-4-10-22)21-16(20-14)13-19-18(23)8-7-15-6-5-11-24-15/h5-8,11-12H,2-4,9-10,13H2,1H3,(H,19,23). The molecular weight excluding hydrogens is 304 g/mol. The lowest BCUT2D eigenvalue weighted by Gasteiger charge is -2.28. The van der Waals surface area contributed by atoms with Crippen LogP contribution in [0.1, 0.15) is 36.5 Å². The van der Waals surface area contributed by atoms with Crippen molar-refractivity contribution in [3.63, 3.8) is 0 Å². The Kier molecular flexibility index (Phi) is 5.25. The summed E-state index contributed by atoms with van der Waals surface area (Å²) in [5, 5.41) is 2.81. The first-order valence-electron chi connectivity index (χ1n) is 8.29. The van der Waals surface area contributed by atoms with Gasteiger partial charge in [-0.15, -0.1) is 0 Å². The molecule has 1 aliphatic heterocycles. The minimum Gasteiger partial charge on any atom is -0.465 e. The van der Waals surface area contributed by atoms with Crippen LogP contribution in [0.3, 0.4) is 0 Å². The van der Waals surface area contributed by atoms with Crippen LogP contribution in [0, 0.1) is 6.92 Å². The highest BCUT2D eigenvalue weighted by Gasteiger charge is 2.14. The number of amides is 1. The number of nitrogens with one attached hydrogen (secondary N) is 1. The monoisotopic (exact) mass is 326 g/mol. The van der Waals surface area contributed by atoms with Crippen LogP contribution in [0.25, 0.3) is 6.08 Å². The van der Waals surface area contributed by atoms with E-state index in [0.29, 0.717) is 18.1 Å². The van der Waals surface area contributed by atoms with E-state index in [0.717, 1.165) is 24.6 Å². The van der Waals surface area contributed by atoms with E-state index in [-0.39, 0.29) is 5.91 Å². The third-order valence-corrected chi connectivity index (χ3v) is 3.93. The van der Waals surface area contributed by atoms with Crippen LogP contribution in [0.15, 0.2) is 35.0 Å². The van der Waals surface area contributed by atoms with Gasteiger partial charge in [0.15, 0.2) is 0 Å². The summed E-state index contributed by atoms with van der Waals surface area (Å²) in [6.45, 7) is 4.34. The summed E-state index contributed by atoms with van der Waals surface area (Å²) in [5.41, 5.74) is 0.918. The van der Waals surface area contributed by atoms with Gasteiger partial charge >= 0.3 is 0 Å². The van der Waals surface area contributed by atoms with Gasteiger partial charge in [0.1, 0.15) is 17.4 Å². The Morgan fingerprint density at radius 3 is 2.92 bits per heavy atom. The smallest absolute Gasteiger partial charge is 0.244 e. The fraction of sp³-hybridized carbons (Fsp3) is 0.389. The Morgan fingerprint density at radius 2 is 2.17 bits per heavy atom. The van der Waals surface area contributed by atoms with Gasteiger partial charge in [-0.25, -0.2) is 9.97 Å². The molecule has 3 heterocycles. The summed E-state index contributed by atoms with van der Waals surface area (Å²) in [5.74, 6) is 2.04. The van der Waals surface area contributed by atoms with Crippen molar-refractivity contribution >= 4 is 17.8 Å². The van der Waals surface area contributed by atoms with E-state index < -0.39 is 0 Å². The van der Waals surface area contributed by atoms with Gasteiger partial charge < -0.3 is 14.6 Å². The van der Waals surface area contributed by atoms with E-state index in [1.165, 1.54) is 25.3 Å². The molecule has 3 rings (SSSR count). The van der Waals surface area contributed by atoms with Gasteiger partial charge in [-0.1, -0.05) is 0 Å². The van der Waals surface area contributed by atoms with Crippen LogP contribution < -0.4 is 10.2 Å². The van der Waals surface area contributed by atoms with Crippen molar-refractivity contribution in [3.05, 3.63) is 47.8 Å². The first-order chi connectivity index (χ1) is 11.7. The summed E-state index contributed by atoms with van der Waals surface area (Å²) < 4.78 is 5.15. The molecule has 2 aromatic rings. The fourth-order valence-corrected chi connectivity index (χ4v) is 2.75. The summed E-state index contributed by atoms with van der Waals surface area (Å²) in [6, 6.07) is 5.58. The molecule has 126 valence electrons. The Labute approximate surface area is 141 Å². The van der Waals surface area contributed by atoms with Crippen molar-refractivity contribution in [2.75, 3.05) is 18.0 Å². The zero-order valence-electron chi connectivity index (χ0n) is 13.9. The summed E-state index contributed by atoms with van der Waals surface area (Å²) in [4.78, 5) is 23.2. The van der Waals surface area contributed by atoms with Gasteiger partial charge in [0.05, 0.1) is 12.8 Å². The molecule has 0 atom stereocenters. The number of carbonyl (C=O) groups is 1. The summed E-state index contributed by atoms with van der Waals surface area (Å²) in [6.07, 6.45) is 8.33. The number of piperidine rings is 1. The van der Waals surface area contributed by atoms with Crippen LogP contribution in [-0.4, -0.2) is 29.0 Å². The molecule has 1 aliphatic rings. The van der Waals surface area contributed by atoms with Crippen LogP contribution in [0.2, 0.25) is 0 Å². The third kappa shape index (κ3) is 4.44. The number of nitrogens with zero attached hydrogens (tertiary/aromatic N) is 3. The molecule has 1 amide bonds. The molecule has 1 saturated heterocycles. The largest absolute Gasteiger partial charge is 0.465 e. The molecule has 6 nitrogen and oxygen atoms in total. The minimum atomic E-state index is -0.198. The molecule has 0 aromatic carbocycles. The van der Waals surface area contributed by atoms with Gasteiger partial charge in [0.25, 0.3) is 0 Å². The number of carbonyl (C=O) groups excluding carboxylic acids is 1. The number of rotatable bonds is 5. The van der Waals surface area contributed by atoms with Gasteiger partial charge in [-0.2, -0.15) is 0 Å². The number of hydrogen-bond donors (Lipinski definition) is 1. The molecule has 24 heavy (non-hydrogen) atoms. The highest BCUT2D eigenvalue weighted by molar-refractivity contribution is 5.91. The van der Waals surface area contributed by atoms with E-state index >= 15 is 0 Å². The minimum absolute atomic E-state index is 0.198. The maximum atomic E-state index is 11.9. The lowest BCUT2D eigenvalue weighted by atomic mass is 10.1. The lowest BCUT2D eigenvalue weighted by molar-refractivity contribution is -0.116. The molecule has 0 aliphatic carbocycles. The Balaban J connectivity index is 1.60. The number of aryl methyl sites for hydroxylation is 1. The van der Waals surface area contributed by atoms with Crippen molar-refractivity contribution in [3.8, 4) is 0 Å². The van der Waals surface area contributed by atoms with Crippen molar-refractivity contribution < 1.29 is 9.21 Å². The predicted molar refractivity (Wildman–Crippen MR) is 92.4 cm³/mol. The van der Waals surface area contributed by atoms with Gasteiger partial charge in [0, 0.05) is 30.9 Å². The Morgan fingerprint density at radius 1 is 1.33 bits per heavy atom. The van der Waals surface area contributed by atoms with Gasteiger partial charge in [-0.3, -0.25) is 4.79 Å². The molecular formula is C18H22N4O2. The number of anilines is 1. The molecule has 0 spiro atoms. The van der Waals surface area contributed by atoms with Crippen molar-refractivity contribution in [2.45, 2.75) is 32.7 Å². The highest BCUT2D eigenvalue weighted by Crippen LogP contribution is 2.18. The zero-order chi connectivity index (χ0) is 16.8. The van der Waals surface area contributed by atoms with Gasteiger partial charge in [-0.05, 0) is 44.4 Å². The van der Waals surface area contributed by atoms with Crippen molar-refractivity contribution in [1.82, 2.24) is 15.3 Å². The van der Waals surface area contributed by atoms with Crippen LogP contribution in [0.4, 0.5) is 5.82 Å². The van der Waals surface area contributed by atoms with Crippen molar-refractivity contribution in [1.29, 1.82) is 0 Å². The molecule has 1 fully saturated rings. The van der Waals surface area contributed by atoms with Crippen LogP contribution in [0.5, 0.6) is 0 Å². The maximum absolute atomic E-state index is 11.9. The molecule has 0 unspecified atom stereocenters. The van der Waals surface area contributed by atoms with Crippen molar-refractivity contribution in [2.24, 2.45) is 0 Å². The fourth-order valence-electron chi connectivity index (χ4n) is 2.75. The SMILES string of the molecule is Cc1cc(N2CCCCC2)nc(CNC(=O)C=Cc2ccco2)n1. The second kappa shape index (κ2) is 7.77. The number of aromatic nitrogens is 2. The Bertz CT molecular complexity index is 704. The van der Waals surface area contributed by atoms with Gasteiger partial charge in [0.2, 0.25) is 5.91 Å². The number of furan rings is 1. The topological polar surface area (TPSA) is 71.3 Å². The first kappa shape index (κ1) is 16.2. The zero-order valence-corrected chi connectivity index (χ0v) is 13.9. The maximum Gasteiger partial charge on any atom is 0.244 e. The number of hydrogen-bond acceptors (Lipinski definition) is 5. The lowest BCUT2D eigenvalue weighted by Crippen LogP contribution is -2.31. The van der Waals surface area contributed by atoms with E-state index in [1.807, 2.05) is 13.0 Å². The van der Waals surface area contributed by atoms with Crippen LogP contribution >= 0.6 is 0 Å².